The molecule has 0 spiro atoms. The Hall–Kier alpha value is -3.31. The molecule has 1 fully saturated rings. The van der Waals surface area contributed by atoms with Gasteiger partial charge in [0.25, 0.3) is 0 Å². The van der Waals surface area contributed by atoms with E-state index in [0.717, 1.165) is 51.1 Å². The summed E-state index contributed by atoms with van der Waals surface area (Å²) in [5.41, 5.74) is 7.50. The van der Waals surface area contributed by atoms with E-state index in [4.69, 9.17) is 9.73 Å². The van der Waals surface area contributed by atoms with Gasteiger partial charge in [0, 0.05) is 13.1 Å². The van der Waals surface area contributed by atoms with Crippen LogP contribution in [0.25, 0.3) is 11.0 Å². The molecule has 0 saturated heterocycles. The predicted octanol–water partition coefficient (Wildman–Crippen LogP) is 5.91. The van der Waals surface area contributed by atoms with Gasteiger partial charge in [-0.1, -0.05) is 50.2 Å². The third-order valence-electron chi connectivity index (χ3n) is 7.80. The summed E-state index contributed by atoms with van der Waals surface area (Å²) in [7, 11) is 3.76. The molecule has 5 nitrogen and oxygen atoms in total. The van der Waals surface area contributed by atoms with Gasteiger partial charge in [0.05, 0.1) is 37.0 Å². The van der Waals surface area contributed by atoms with Gasteiger partial charge in [0.1, 0.15) is 5.75 Å². The van der Waals surface area contributed by atoms with Crippen molar-refractivity contribution >= 4 is 16.7 Å². The molecule has 1 aliphatic carbocycles. The van der Waals surface area contributed by atoms with E-state index in [9.17, 15) is 5.11 Å². The summed E-state index contributed by atoms with van der Waals surface area (Å²) < 4.78 is 9.90. The summed E-state index contributed by atoms with van der Waals surface area (Å²) in [6, 6.07) is 23.1. The number of hydrogen-bond acceptors (Lipinski definition) is 3. The molecule has 5 rings (SSSR count). The smallest absolute Gasteiger partial charge is 0.211 e. The first-order chi connectivity index (χ1) is 17.0. The highest BCUT2D eigenvalue weighted by molar-refractivity contribution is 5.78. The van der Waals surface area contributed by atoms with Gasteiger partial charge in [0.2, 0.25) is 5.62 Å². The summed E-state index contributed by atoms with van der Waals surface area (Å²) in [5, 5.41) is 9.41. The number of aliphatic hydroxyl groups excluding tert-OH is 1. The maximum atomic E-state index is 9.41. The number of rotatable bonds is 6. The lowest BCUT2D eigenvalue weighted by Gasteiger charge is -2.10. The number of methoxy groups -OCH3 is 1. The molecule has 182 valence electrons. The average molecular weight is 470 g/mol. The predicted molar refractivity (Wildman–Crippen MR) is 141 cm³/mol. The number of fused-ring (bicyclic) bond motifs is 1. The molecule has 35 heavy (non-hydrogen) atoms. The van der Waals surface area contributed by atoms with E-state index < -0.39 is 0 Å². The SMILES string of the molecule is COc1ccc2c(c1)n(Cc1ccc(CO)cc1)/c(=N\c1ccc(C3CC(C)C(C)C3)cc1)n2C. The largest absolute Gasteiger partial charge is 0.497 e. The highest BCUT2D eigenvalue weighted by atomic mass is 16.5. The lowest BCUT2D eigenvalue weighted by atomic mass is 9.96. The third kappa shape index (κ3) is 4.65. The quantitative estimate of drug-likeness (QED) is 0.382. The van der Waals surface area contributed by atoms with Crippen molar-refractivity contribution in [2.45, 2.75) is 45.8 Å². The molecule has 1 aromatic heterocycles. The lowest BCUT2D eigenvalue weighted by Crippen LogP contribution is -2.24. The van der Waals surface area contributed by atoms with E-state index in [-0.39, 0.29) is 6.61 Å². The van der Waals surface area contributed by atoms with Crippen LogP contribution in [0.1, 0.15) is 49.3 Å². The number of ether oxygens (including phenoxy) is 1. The van der Waals surface area contributed by atoms with Crippen LogP contribution >= 0.6 is 0 Å². The number of hydrogen-bond donors (Lipinski definition) is 1. The van der Waals surface area contributed by atoms with Crippen LogP contribution in [0.4, 0.5) is 5.69 Å². The van der Waals surface area contributed by atoms with Crippen LogP contribution in [-0.4, -0.2) is 21.4 Å². The summed E-state index contributed by atoms with van der Waals surface area (Å²) in [5.74, 6) is 3.07. The molecule has 5 heteroatoms. The zero-order valence-corrected chi connectivity index (χ0v) is 21.1. The fourth-order valence-corrected chi connectivity index (χ4v) is 5.42. The number of aryl methyl sites for hydroxylation is 1. The number of imidazole rings is 1. The minimum absolute atomic E-state index is 0.0498. The van der Waals surface area contributed by atoms with Gasteiger partial charge in [-0.05, 0) is 71.6 Å². The van der Waals surface area contributed by atoms with Gasteiger partial charge in [0.15, 0.2) is 0 Å². The van der Waals surface area contributed by atoms with Gasteiger partial charge in [-0.25, -0.2) is 4.99 Å². The van der Waals surface area contributed by atoms with E-state index in [2.05, 4.69) is 78.6 Å². The standard InChI is InChI=1S/C30H35N3O2/c1-20-15-25(16-21(20)2)24-9-11-26(12-10-24)31-30-32(3)28-14-13-27(35-4)17-29(28)33(30)18-22-5-7-23(19-34)8-6-22/h5-14,17,20-21,25,34H,15-16,18-19H2,1-4H3/b31-30-. The molecule has 0 amide bonds. The van der Waals surface area contributed by atoms with Gasteiger partial charge in [-0.3, -0.25) is 0 Å². The van der Waals surface area contributed by atoms with Crippen molar-refractivity contribution < 1.29 is 9.84 Å². The number of aliphatic hydroxyl groups is 1. The molecule has 2 atom stereocenters. The molecule has 2 unspecified atom stereocenters. The van der Waals surface area contributed by atoms with Gasteiger partial charge >= 0.3 is 0 Å². The Morgan fingerprint density at radius 1 is 0.886 bits per heavy atom. The van der Waals surface area contributed by atoms with Crippen molar-refractivity contribution in [2.75, 3.05) is 7.11 Å². The Bertz CT molecular complexity index is 1370. The van der Waals surface area contributed by atoms with E-state index in [1.54, 1.807) is 7.11 Å². The first kappa shape index (κ1) is 23.4. The van der Waals surface area contributed by atoms with Crippen LogP contribution in [0.5, 0.6) is 5.75 Å². The molecule has 0 bridgehead atoms. The van der Waals surface area contributed by atoms with Crippen LogP contribution in [0.15, 0.2) is 71.7 Å². The van der Waals surface area contributed by atoms with Crippen LogP contribution in [0.3, 0.4) is 0 Å². The van der Waals surface area contributed by atoms with Crippen molar-refractivity contribution in [1.29, 1.82) is 0 Å². The fourth-order valence-electron chi connectivity index (χ4n) is 5.42. The summed E-state index contributed by atoms with van der Waals surface area (Å²) in [4.78, 5) is 5.11. The second-order valence-electron chi connectivity index (χ2n) is 10.1. The lowest BCUT2D eigenvalue weighted by molar-refractivity contribution is 0.282. The first-order valence-corrected chi connectivity index (χ1v) is 12.5. The number of nitrogens with zero attached hydrogens (tertiary/aromatic N) is 3. The van der Waals surface area contributed by atoms with Crippen molar-refractivity contribution in [3.63, 3.8) is 0 Å². The molecular weight excluding hydrogens is 434 g/mol. The van der Waals surface area contributed by atoms with Crippen LogP contribution in [-0.2, 0) is 20.2 Å². The first-order valence-electron chi connectivity index (χ1n) is 12.5. The molecule has 0 radical (unpaired) electrons. The molecule has 1 aliphatic rings. The summed E-state index contributed by atoms with van der Waals surface area (Å²) >= 11 is 0. The summed E-state index contributed by atoms with van der Waals surface area (Å²) in [6.45, 7) is 5.47. The second kappa shape index (κ2) is 9.74. The molecule has 3 aromatic carbocycles. The van der Waals surface area contributed by atoms with Crippen molar-refractivity contribution in [2.24, 2.45) is 23.9 Å². The normalized spacial score (nSPS) is 20.6. The zero-order chi connectivity index (χ0) is 24.5. The fraction of sp³-hybridized carbons (Fsp3) is 0.367. The maximum Gasteiger partial charge on any atom is 0.211 e. The molecule has 4 aromatic rings. The highest BCUT2D eigenvalue weighted by Gasteiger charge is 2.28. The zero-order valence-electron chi connectivity index (χ0n) is 21.1. The average Bonchev–Trinajstić information content (AvgIpc) is 3.35. The maximum absolute atomic E-state index is 9.41. The van der Waals surface area contributed by atoms with Crippen molar-refractivity contribution in [3.05, 3.63) is 89.0 Å². The molecular formula is C30H35N3O2. The molecule has 1 saturated carbocycles. The molecule has 1 N–H and O–H groups in total. The van der Waals surface area contributed by atoms with Crippen LogP contribution in [0, 0.1) is 11.8 Å². The Morgan fingerprint density at radius 2 is 1.54 bits per heavy atom. The van der Waals surface area contributed by atoms with Crippen LogP contribution < -0.4 is 10.4 Å². The summed E-state index contributed by atoms with van der Waals surface area (Å²) in [6.07, 6.45) is 2.55. The van der Waals surface area contributed by atoms with E-state index in [1.165, 1.54) is 18.4 Å². The number of benzene rings is 3. The molecule has 0 aliphatic heterocycles. The topological polar surface area (TPSA) is 51.7 Å². The minimum Gasteiger partial charge on any atom is -0.497 e. The van der Waals surface area contributed by atoms with E-state index in [0.29, 0.717) is 12.5 Å². The Labute approximate surface area is 207 Å². The third-order valence-corrected chi connectivity index (χ3v) is 7.80. The van der Waals surface area contributed by atoms with Crippen LogP contribution in [0.2, 0.25) is 0 Å². The van der Waals surface area contributed by atoms with Gasteiger partial charge < -0.3 is 19.0 Å². The van der Waals surface area contributed by atoms with Gasteiger partial charge in [-0.2, -0.15) is 0 Å². The van der Waals surface area contributed by atoms with Gasteiger partial charge in [-0.15, -0.1) is 0 Å². The monoisotopic (exact) mass is 469 g/mol. The van der Waals surface area contributed by atoms with Crippen molar-refractivity contribution in [3.8, 4) is 5.75 Å². The Kier molecular flexibility index (Phi) is 6.52. The second-order valence-corrected chi connectivity index (χ2v) is 10.1. The Balaban J connectivity index is 1.56. The minimum atomic E-state index is 0.0498. The Morgan fingerprint density at radius 3 is 2.17 bits per heavy atom. The highest BCUT2D eigenvalue weighted by Crippen LogP contribution is 2.42. The molecule has 1 heterocycles. The number of aromatic nitrogens is 2. The van der Waals surface area contributed by atoms with E-state index in [1.807, 2.05) is 18.2 Å². The van der Waals surface area contributed by atoms with E-state index >= 15 is 0 Å². The van der Waals surface area contributed by atoms with Crippen molar-refractivity contribution in [1.82, 2.24) is 9.13 Å².